The van der Waals surface area contributed by atoms with Gasteiger partial charge in [-0.1, -0.05) is 12.2 Å². The Labute approximate surface area is 110 Å². The molecular weight excluding hydrogens is 281 g/mol. The van der Waals surface area contributed by atoms with Crippen molar-refractivity contribution in [3.05, 3.63) is 24.3 Å². The molecule has 0 amide bonds. The summed E-state index contributed by atoms with van der Waals surface area (Å²) in [6.45, 7) is 2.28. The summed E-state index contributed by atoms with van der Waals surface area (Å²) in [5.41, 5.74) is -6.99. The second-order valence-electron chi connectivity index (χ2n) is 3.91. The molecule has 0 unspecified atom stereocenters. The van der Waals surface area contributed by atoms with Gasteiger partial charge >= 0.3 is 13.3 Å². The molecule has 0 saturated carbocycles. The first-order valence-electron chi connectivity index (χ1n) is 5.78. The fraction of sp³-hybridized carbons (Fsp3) is 0.636. The summed E-state index contributed by atoms with van der Waals surface area (Å²) >= 11 is 0. The van der Waals surface area contributed by atoms with E-state index in [0.29, 0.717) is 12.2 Å². The van der Waals surface area contributed by atoms with Crippen LogP contribution in [0.5, 0.6) is 0 Å². The van der Waals surface area contributed by atoms with Crippen LogP contribution in [0.2, 0.25) is 0 Å². The van der Waals surface area contributed by atoms with E-state index in [2.05, 4.69) is 9.05 Å². The van der Waals surface area contributed by atoms with Crippen molar-refractivity contribution >= 4 is 7.60 Å². The monoisotopic (exact) mass is 298 g/mol. The zero-order valence-corrected chi connectivity index (χ0v) is 11.5. The number of aliphatic hydroxyl groups is 2. The Balaban J connectivity index is 3.17. The number of rotatable bonds is 6. The maximum Gasteiger partial charge on any atom is 0.403 e. The largest absolute Gasteiger partial charge is 0.403 e. The highest BCUT2D eigenvalue weighted by Gasteiger charge is 2.65. The van der Waals surface area contributed by atoms with E-state index in [1.54, 1.807) is 0 Å². The topological polar surface area (TPSA) is 76.0 Å². The van der Waals surface area contributed by atoms with Crippen LogP contribution >= 0.6 is 7.60 Å². The van der Waals surface area contributed by atoms with Crippen LogP contribution in [0.15, 0.2) is 24.3 Å². The molecule has 0 saturated heterocycles. The Morgan fingerprint density at radius 3 is 2.05 bits per heavy atom. The minimum atomic E-state index is -4.84. The Bertz CT molecular complexity index is 397. The van der Waals surface area contributed by atoms with Crippen LogP contribution in [0.25, 0.3) is 0 Å². The molecule has 0 heterocycles. The number of aliphatic hydroxyl groups excluding tert-OH is 1. The minimum Gasteiger partial charge on any atom is -0.385 e. The standard InChI is InChI=1S/C11H17F2O5P/c1-3-17-19(16,18-4-2)11(12,13)10(15)7-5-9(14)6-8-10/h5-9,14-15H,3-4H2,1-2H3. The van der Waals surface area contributed by atoms with Crippen molar-refractivity contribution in [1.29, 1.82) is 0 Å². The van der Waals surface area contributed by atoms with Crippen molar-refractivity contribution in [3.63, 3.8) is 0 Å². The highest BCUT2D eigenvalue weighted by molar-refractivity contribution is 7.55. The van der Waals surface area contributed by atoms with E-state index in [-0.39, 0.29) is 13.2 Å². The average Bonchev–Trinajstić information content (AvgIpc) is 2.33. The van der Waals surface area contributed by atoms with Crippen LogP contribution in [0.3, 0.4) is 0 Å². The van der Waals surface area contributed by atoms with Crippen molar-refractivity contribution in [2.75, 3.05) is 13.2 Å². The maximum atomic E-state index is 14.3. The van der Waals surface area contributed by atoms with E-state index in [1.165, 1.54) is 13.8 Å². The van der Waals surface area contributed by atoms with E-state index in [0.717, 1.165) is 12.2 Å². The summed E-state index contributed by atoms with van der Waals surface area (Å²) in [5.74, 6) is 0. The predicted molar refractivity (Wildman–Crippen MR) is 65.0 cm³/mol. The van der Waals surface area contributed by atoms with E-state index >= 15 is 0 Å². The smallest absolute Gasteiger partial charge is 0.385 e. The number of alkyl halides is 2. The summed E-state index contributed by atoms with van der Waals surface area (Å²) in [4.78, 5) is 0. The zero-order chi connectivity index (χ0) is 14.7. The molecule has 0 aromatic carbocycles. The number of hydrogen-bond acceptors (Lipinski definition) is 5. The second kappa shape index (κ2) is 5.81. The first-order chi connectivity index (χ1) is 8.72. The normalized spacial score (nSPS) is 27.8. The quantitative estimate of drug-likeness (QED) is 0.580. The summed E-state index contributed by atoms with van der Waals surface area (Å²) in [6, 6.07) is 0. The van der Waals surface area contributed by atoms with E-state index in [9.17, 15) is 18.5 Å². The zero-order valence-electron chi connectivity index (χ0n) is 10.6. The molecule has 1 rings (SSSR count). The van der Waals surface area contributed by atoms with Crippen LogP contribution in [0.4, 0.5) is 8.78 Å². The van der Waals surface area contributed by atoms with Crippen LogP contribution < -0.4 is 0 Å². The van der Waals surface area contributed by atoms with E-state index < -0.39 is 25.0 Å². The van der Waals surface area contributed by atoms with Gasteiger partial charge in [-0.25, -0.2) is 0 Å². The number of hydrogen-bond donors (Lipinski definition) is 2. The van der Waals surface area contributed by atoms with Gasteiger partial charge < -0.3 is 19.3 Å². The molecule has 1 aliphatic carbocycles. The first-order valence-corrected chi connectivity index (χ1v) is 7.33. The fourth-order valence-corrected chi connectivity index (χ4v) is 3.24. The van der Waals surface area contributed by atoms with Gasteiger partial charge in [-0.2, -0.15) is 8.78 Å². The van der Waals surface area contributed by atoms with E-state index in [1.807, 2.05) is 0 Å². The van der Waals surface area contributed by atoms with Gasteiger partial charge in [0.2, 0.25) is 0 Å². The van der Waals surface area contributed by atoms with Crippen LogP contribution in [-0.4, -0.2) is 40.8 Å². The van der Waals surface area contributed by atoms with Crippen molar-refractivity contribution in [2.24, 2.45) is 0 Å². The molecule has 1 aliphatic rings. The third-order valence-electron chi connectivity index (χ3n) is 2.52. The highest BCUT2D eigenvalue weighted by Crippen LogP contribution is 2.66. The first kappa shape index (κ1) is 16.5. The molecule has 8 heteroatoms. The fourth-order valence-electron chi connectivity index (χ4n) is 1.57. The predicted octanol–water partition coefficient (Wildman–Crippen LogP) is 2.06. The molecule has 0 bridgehead atoms. The Morgan fingerprint density at radius 2 is 1.68 bits per heavy atom. The average molecular weight is 298 g/mol. The van der Waals surface area contributed by atoms with Gasteiger partial charge in [0.25, 0.3) is 0 Å². The third kappa shape index (κ3) is 2.95. The molecule has 0 aromatic rings. The maximum absolute atomic E-state index is 14.3. The molecule has 19 heavy (non-hydrogen) atoms. The van der Waals surface area contributed by atoms with Gasteiger partial charge in [-0.15, -0.1) is 0 Å². The van der Waals surface area contributed by atoms with Crippen molar-refractivity contribution in [1.82, 2.24) is 0 Å². The van der Waals surface area contributed by atoms with E-state index in [4.69, 9.17) is 5.11 Å². The lowest BCUT2D eigenvalue weighted by Crippen LogP contribution is -2.46. The molecule has 0 spiro atoms. The molecule has 110 valence electrons. The lowest BCUT2D eigenvalue weighted by Gasteiger charge is -2.36. The summed E-state index contributed by atoms with van der Waals surface area (Å²) in [5, 5.41) is 19.1. The SMILES string of the molecule is CCOP(=O)(OCC)C(F)(F)C1(O)C=CC(O)C=C1. The summed E-state index contributed by atoms with van der Waals surface area (Å²) in [6.07, 6.45) is 2.23. The molecule has 0 atom stereocenters. The van der Waals surface area contributed by atoms with Gasteiger partial charge in [-0.05, 0) is 26.0 Å². The number of halogens is 2. The Morgan fingerprint density at radius 1 is 1.26 bits per heavy atom. The van der Waals surface area contributed by atoms with Gasteiger partial charge in [0.05, 0.1) is 19.3 Å². The van der Waals surface area contributed by atoms with Gasteiger partial charge in [-0.3, -0.25) is 4.57 Å². The minimum absolute atomic E-state index is 0.251. The molecule has 5 nitrogen and oxygen atoms in total. The summed E-state index contributed by atoms with van der Waals surface area (Å²) < 4.78 is 49.9. The van der Waals surface area contributed by atoms with Crippen molar-refractivity contribution in [3.8, 4) is 0 Å². The Kier molecular flexibility index (Phi) is 5.03. The molecule has 2 N–H and O–H groups in total. The van der Waals surface area contributed by atoms with Gasteiger partial charge in [0, 0.05) is 0 Å². The summed E-state index contributed by atoms with van der Waals surface area (Å²) in [7, 11) is -4.84. The lowest BCUT2D eigenvalue weighted by molar-refractivity contribution is -0.0875. The van der Waals surface area contributed by atoms with Gasteiger partial charge in [0.1, 0.15) is 0 Å². The molecule has 0 aromatic heterocycles. The van der Waals surface area contributed by atoms with Crippen molar-refractivity contribution < 1.29 is 32.6 Å². The third-order valence-corrected chi connectivity index (χ3v) is 4.76. The highest BCUT2D eigenvalue weighted by atomic mass is 31.2. The van der Waals surface area contributed by atoms with Crippen LogP contribution in [0.1, 0.15) is 13.8 Å². The molecule has 0 aliphatic heterocycles. The molecule has 0 fully saturated rings. The Hall–Kier alpha value is -0.590. The molecule has 0 radical (unpaired) electrons. The van der Waals surface area contributed by atoms with Gasteiger partial charge in [0.15, 0.2) is 5.60 Å². The second-order valence-corrected chi connectivity index (χ2v) is 5.98. The van der Waals surface area contributed by atoms with Crippen LogP contribution in [0, 0.1) is 0 Å². The van der Waals surface area contributed by atoms with Crippen LogP contribution in [-0.2, 0) is 13.6 Å². The molecular formula is C11H17F2O5P. The van der Waals surface area contributed by atoms with Crippen molar-refractivity contribution in [2.45, 2.75) is 31.2 Å². The lowest BCUT2D eigenvalue weighted by atomic mass is 9.97.